The molecule has 0 aromatic heterocycles. The average molecular weight is 321 g/mol. The molecule has 5 rings (SSSR count). The first-order valence-corrected chi connectivity index (χ1v) is 9.06. The van der Waals surface area contributed by atoms with Crippen LogP contribution in [0.15, 0.2) is 60.7 Å². The number of aliphatic hydroxyl groups excluding tert-OH is 1. The quantitative estimate of drug-likeness (QED) is 0.922. The van der Waals surface area contributed by atoms with Gasteiger partial charge < -0.3 is 10.0 Å². The molecular formula is C22H27NO. The van der Waals surface area contributed by atoms with Crippen molar-refractivity contribution in [2.45, 2.75) is 42.7 Å². The first kappa shape index (κ1) is 15.9. The van der Waals surface area contributed by atoms with Crippen LogP contribution < -0.4 is 0 Å². The summed E-state index contributed by atoms with van der Waals surface area (Å²) in [6.07, 6.45) is 2.96. The molecule has 1 unspecified atom stereocenters. The highest BCUT2D eigenvalue weighted by molar-refractivity contribution is 5.32. The van der Waals surface area contributed by atoms with Crippen LogP contribution in [0.2, 0.25) is 0 Å². The van der Waals surface area contributed by atoms with Crippen LogP contribution in [-0.2, 0) is 0 Å². The lowest BCUT2D eigenvalue weighted by Gasteiger charge is -2.59. The lowest BCUT2D eigenvalue weighted by molar-refractivity contribution is -0.0909. The lowest BCUT2D eigenvalue weighted by Crippen LogP contribution is -2.60. The predicted octanol–water partition coefficient (Wildman–Crippen LogP) is 4.03. The van der Waals surface area contributed by atoms with Crippen LogP contribution in [0.5, 0.6) is 0 Å². The summed E-state index contributed by atoms with van der Waals surface area (Å²) in [4.78, 5) is 2.37. The first-order chi connectivity index (χ1) is 11.6. The standard InChI is InChI=1S/C22H27NO/c1-23(2)22-13-18(16-9-5-3-6-10-16)21(20(24)15-22)19(14-22)17-11-7-4-8-12-17/h3-12,18-21,24H,13-15H2,1-2H3/t18-,19-,20?,21?,22?/m0/s1. The van der Waals surface area contributed by atoms with Crippen LogP contribution in [0, 0.1) is 5.92 Å². The number of nitrogens with zero attached hydrogens (tertiary/aromatic N) is 1. The minimum Gasteiger partial charge on any atom is -0.393 e. The largest absolute Gasteiger partial charge is 0.393 e. The Balaban J connectivity index is 1.80. The van der Waals surface area contributed by atoms with Gasteiger partial charge in [-0.3, -0.25) is 0 Å². The molecule has 2 bridgehead atoms. The molecule has 2 aromatic carbocycles. The van der Waals surface area contributed by atoms with Gasteiger partial charge in [-0.2, -0.15) is 0 Å². The summed E-state index contributed by atoms with van der Waals surface area (Å²) in [7, 11) is 4.37. The summed E-state index contributed by atoms with van der Waals surface area (Å²) in [5, 5.41) is 11.1. The van der Waals surface area contributed by atoms with E-state index in [4.69, 9.17) is 0 Å². The highest BCUT2D eigenvalue weighted by Crippen LogP contribution is 2.59. The molecule has 3 aliphatic rings. The van der Waals surface area contributed by atoms with Crippen LogP contribution in [0.4, 0.5) is 0 Å². The molecule has 3 saturated carbocycles. The summed E-state index contributed by atoms with van der Waals surface area (Å²) in [5.41, 5.74) is 2.86. The van der Waals surface area contributed by atoms with Gasteiger partial charge in [0.15, 0.2) is 0 Å². The Morgan fingerprint density at radius 3 is 1.67 bits per heavy atom. The summed E-state index contributed by atoms with van der Waals surface area (Å²) in [6.45, 7) is 0. The van der Waals surface area contributed by atoms with Crippen molar-refractivity contribution in [2.75, 3.05) is 14.1 Å². The van der Waals surface area contributed by atoms with Gasteiger partial charge in [0.05, 0.1) is 6.10 Å². The van der Waals surface area contributed by atoms with E-state index in [1.54, 1.807) is 0 Å². The summed E-state index contributed by atoms with van der Waals surface area (Å²) in [6, 6.07) is 21.6. The molecule has 2 nitrogen and oxygen atoms in total. The van der Waals surface area contributed by atoms with E-state index in [1.807, 2.05) is 0 Å². The second-order valence-electron chi connectivity index (χ2n) is 7.91. The highest BCUT2D eigenvalue weighted by atomic mass is 16.3. The normalized spacial score (nSPS) is 35.3. The summed E-state index contributed by atoms with van der Waals surface area (Å²) in [5.74, 6) is 1.17. The Hall–Kier alpha value is -1.64. The molecular weight excluding hydrogens is 294 g/mol. The minimum atomic E-state index is -0.231. The van der Waals surface area contributed by atoms with E-state index in [0.29, 0.717) is 17.8 Å². The van der Waals surface area contributed by atoms with Crippen molar-refractivity contribution < 1.29 is 5.11 Å². The predicted molar refractivity (Wildman–Crippen MR) is 98.1 cm³/mol. The van der Waals surface area contributed by atoms with E-state index >= 15 is 0 Å². The van der Waals surface area contributed by atoms with Crippen LogP contribution in [0.25, 0.3) is 0 Å². The Morgan fingerprint density at radius 2 is 1.25 bits per heavy atom. The third-order valence-electron chi connectivity index (χ3n) is 6.57. The molecule has 2 aromatic rings. The van der Waals surface area contributed by atoms with Gasteiger partial charge in [-0.1, -0.05) is 60.7 Å². The van der Waals surface area contributed by atoms with Crippen molar-refractivity contribution in [1.29, 1.82) is 0 Å². The fourth-order valence-electron chi connectivity index (χ4n) is 5.31. The number of fused-ring (bicyclic) bond motifs is 3. The molecule has 3 atom stereocenters. The third kappa shape index (κ3) is 2.49. The van der Waals surface area contributed by atoms with Crippen LogP contribution in [-0.4, -0.2) is 35.7 Å². The van der Waals surface area contributed by atoms with Crippen LogP contribution in [0.1, 0.15) is 42.2 Å². The van der Waals surface area contributed by atoms with Gasteiger partial charge in [-0.25, -0.2) is 0 Å². The average Bonchev–Trinajstić information content (AvgIpc) is 2.62. The topological polar surface area (TPSA) is 23.5 Å². The molecule has 24 heavy (non-hydrogen) atoms. The van der Waals surface area contributed by atoms with Crippen molar-refractivity contribution in [3.8, 4) is 0 Å². The van der Waals surface area contributed by atoms with E-state index in [9.17, 15) is 5.11 Å². The van der Waals surface area contributed by atoms with Gasteiger partial charge in [0.25, 0.3) is 0 Å². The van der Waals surface area contributed by atoms with Gasteiger partial charge in [0.2, 0.25) is 0 Å². The van der Waals surface area contributed by atoms with E-state index in [2.05, 4.69) is 79.7 Å². The maximum absolute atomic E-state index is 11.1. The van der Waals surface area contributed by atoms with Gasteiger partial charge in [0.1, 0.15) is 0 Å². The van der Waals surface area contributed by atoms with Crippen molar-refractivity contribution in [2.24, 2.45) is 5.92 Å². The number of hydrogen-bond donors (Lipinski definition) is 1. The number of aliphatic hydroxyl groups is 1. The smallest absolute Gasteiger partial charge is 0.0597 e. The summed E-state index contributed by atoms with van der Waals surface area (Å²) < 4.78 is 0. The SMILES string of the molecule is CN(C)C12CC(O)C([C@H](c3ccccc3)C1)[C@H](c1ccccc1)C2. The van der Waals surface area contributed by atoms with Gasteiger partial charge >= 0.3 is 0 Å². The molecule has 0 spiro atoms. The maximum atomic E-state index is 11.1. The summed E-state index contributed by atoms with van der Waals surface area (Å²) >= 11 is 0. The van der Waals surface area contributed by atoms with Crippen molar-refractivity contribution in [3.63, 3.8) is 0 Å². The number of hydrogen-bond acceptors (Lipinski definition) is 2. The minimum absolute atomic E-state index is 0.0924. The molecule has 0 aliphatic heterocycles. The van der Waals surface area contributed by atoms with Crippen molar-refractivity contribution in [3.05, 3.63) is 71.8 Å². The zero-order valence-corrected chi connectivity index (χ0v) is 14.6. The van der Waals surface area contributed by atoms with Gasteiger partial charge in [-0.15, -0.1) is 0 Å². The van der Waals surface area contributed by atoms with E-state index in [1.165, 1.54) is 11.1 Å². The van der Waals surface area contributed by atoms with E-state index < -0.39 is 0 Å². The van der Waals surface area contributed by atoms with E-state index in [-0.39, 0.29) is 11.6 Å². The van der Waals surface area contributed by atoms with Gasteiger partial charge in [0, 0.05) is 5.54 Å². The molecule has 0 saturated heterocycles. The zero-order valence-electron chi connectivity index (χ0n) is 14.6. The second-order valence-corrected chi connectivity index (χ2v) is 7.91. The second kappa shape index (κ2) is 6.02. The third-order valence-corrected chi connectivity index (χ3v) is 6.57. The monoisotopic (exact) mass is 321 g/mol. The number of rotatable bonds is 3. The molecule has 0 heterocycles. The molecule has 0 amide bonds. The molecule has 3 fully saturated rings. The molecule has 1 N–H and O–H groups in total. The van der Waals surface area contributed by atoms with Crippen LogP contribution in [0.3, 0.4) is 0 Å². The van der Waals surface area contributed by atoms with Crippen LogP contribution >= 0.6 is 0 Å². The molecule has 2 heteroatoms. The van der Waals surface area contributed by atoms with Crippen molar-refractivity contribution in [1.82, 2.24) is 4.90 Å². The highest BCUT2D eigenvalue weighted by Gasteiger charge is 2.56. The molecule has 126 valence electrons. The number of benzene rings is 2. The molecule has 0 radical (unpaired) electrons. The first-order valence-electron chi connectivity index (χ1n) is 9.06. The Labute approximate surface area is 145 Å². The zero-order chi connectivity index (χ0) is 16.7. The Morgan fingerprint density at radius 1 is 0.792 bits per heavy atom. The Kier molecular flexibility index (Phi) is 3.98. The van der Waals surface area contributed by atoms with Crippen molar-refractivity contribution >= 4 is 0 Å². The molecule has 3 aliphatic carbocycles. The van der Waals surface area contributed by atoms with Gasteiger partial charge in [-0.05, 0) is 62.2 Å². The Bertz CT molecular complexity index is 632. The van der Waals surface area contributed by atoms with E-state index in [0.717, 1.165) is 19.3 Å². The fourth-order valence-corrected chi connectivity index (χ4v) is 5.31. The fraction of sp³-hybridized carbons (Fsp3) is 0.455. The lowest BCUT2D eigenvalue weighted by atomic mass is 9.52. The maximum Gasteiger partial charge on any atom is 0.0597 e.